The summed E-state index contributed by atoms with van der Waals surface area (Å²) in [6, 6.07) is 3.68. The van der Waals surface area contributed by atoms with E-state index in [1.54, 1.807) is 11.0 Å². The molecule has 0 aliphatic carbocycles. The summed E-state index contributed by atoms with van der Waals surface area (Å²) in [6.45, 7) is 1.49. The third kappa shape index (κ3) is 3.00. The first kappa shape index (κ1) is 13.5. The topological polar surface area (TPSA) is 68.5 Å². The van der Waals surface area contributed by atoms with Gasteiger partial charge in [-0.25, -0.2) is 0 Å². The van der Waals surface area contributed by atoms with Gasteiger partial charge in [0.1, 0.15) is 6.10 Å². The van der Waals surface area contributed by atoms with Gasteiger partial charge in [0.2, 0.25) is 18.1 Å². The van der Waals surface area contributed by atoms with Gasteiger partial charge in [-0.15, -0.1) is 11.3 Å². The van der Waals surface area contributed by atoms with Crippen molar-refractivity contribution in [1.29, 1.82) is 0 Å². The Morgan fingerprint density at radius 2 is 2.45 bits per heavy atom. The Bertz CT molecular complexity index is 587. The van der Waals surface area contributed by atoms with Crippen LogP contribution in [0.15, 0.2) is 23.0 Å². The van der Waals surface area contributed by atoms with E-state index in [0.29, 0.717) is 36.3 Å². The molecule has 1 amide bonds. The Hall–Kier alpha value is -1.44. The lowest BCUT2D eigenvalue weighted by atomic mass is 10.2. The summed E-state index contributed by atoms with van der Waals surface area (Å²) in [6.07, 6.45) is 1.29. The van der Waals surface area contributed by atoms with E-state index in [0.717, 1.165) is 4.88 Å². The van der Waals surface area contributed by atoms with E-state index in [2.05, 4.69) is 10.1 Å². The van der Waals surface area contributed by atoms with Crippen molar-refractivity contribution in [1.82, 2.24) is 15.0 Å². The molecule has 2 aromatic heterocycles. The first-order valence-corrected chi connectivity index (χ1v) is 7.31. The predicted octanol–water partition coefficient (Wildman–Crippen LogP) is 1.93. The fraction of sp³-hybridized carbons (Fsp3) is 0.417. The number of hydrogen-bond donors (Lipinski definition) is 0. The molecule has 1 saturated heterocycles. The summed E-state index contributed by atoms with van der Waals surface area (Å²) in [5, 5.41) is 3.76. The maximum absolute atomic E-state index is 12.3. The van der Waals surface area contributed by atoms with Crippen LogP contribution < -0.4 is 0 Å². The zero-order chi connectivity index (χ0) is 13.9. The highest BCUT2D eigenvalue weighted by atomic mass is 35.5. The highest BCUT2D eigenvalue weighted by molar-refractivity contribution is 7.16. The summed E-state index contributed by atoms with van der Waals surface area (Å²) in [5.41, 5.74) is 0. The highest BCUT2D eigenvalue weighted by Crippen LogP contribution is 2.24. The molecule has 0 N–H and O–H groups in total. The van der Waals surface area contributed by atoms with Gasteiger partial charge in [0.25, 0.3) is 0 Å². The molecule has 0 spiro atoms. The molecule has 20 heavy (non-hydrogen) atoms. The molecule has 1 aliphatic rings. The van der Waals surface area contributed by atoms with E-state index in [1.165, 1.54) is 17.7 Å². The second-order valence-corrected chi connectivity index (χ2v) is 6.17. The van der Waals surface area contributed by atoms with Gasteiger partial charge in [0.15, 0.2) is 0 Å². The Morgan fingerprint density at radius 3 is 3.15 bits per heavy atom. The third-order valence-electron chi connectivity index (χ3n) is 3.04. The minimum atomic E-state index is -0.321. The SMILES string of the molecule is O=C(Cc1ccc(Cl)s1)N1CCOC(c2ncon2)C1. The molecule has 1 atom stereocenters. The number of thiophene rings is 1. The number of carbonyl (C=O) groups is 1. The smallest absolute Gasteiger partial charge is 0.228 e. The van der Waals surface area contributed by atoms with Crippen molar-refractivity contribution in [2.24, 2.45) is 0 Å². The Labute approximate surface area is 124 Å². The molecule has 6 nitrogen and oxygen atoms in total. The zero-order valence-electron chi connectivity index (χ0n) is 10.5. The lowest BCUT2D eigenvalue weighted by molar-refractivity contribution is -0.138. The monoisotopic (exact) mass is 313 g/mol. The second kappa shape index (κ2) is 5.90. The maximum Gasteiger partial charge on any atom is 0.228 e. The lowest BCUT2D eigenvalue weighted by Crippen LogP contribution is -2.43. The largest absolute Gasteiger partial charge is 0.366 e. The normalized spacial score (nSPS) is 19.2. The van der Waals surface area contributed by atoms with Crippen LogP contribution in [-0.4, -0.2) is 40.6 Å². The van der Waals surface area contributed by atoms with Crippen molar-refractivity contribution >= 4 is 28.8 Å². The van der Waals surface area contributed by atoms with E-state index >= 15 is 0 Å². The number of aromatic nitrogens is 2. The van der Waals surface area contributed by atoms with Crippen LogP contribution in [0, 0.1) is 0 Å². The van der Waals surface area contributed by atoms with Crippen LogP contribution >= 0.6 is 22.9 Å². The molecule has 2 aromatic rings. The number of carbonyl (C=O) groups excluding carboxylic acids is 1. The Morgan fingerprint density at radius 1 is 1.55 bits per heavy atom. The molecular formula is C12H12ClN3O3S. The lowest BCUT2D eigenvalue weighted by Gasteiger charge is -2.31. The molecule has 0 aromatic carbocycles. The van der Waals surface area contributed by atoms with Crippen molar-refractivity contribution in [2.75, 3.05) is 19.7 Å². The molecule has 0 bridgehead atoms. The number of rotatable bonds is 3. The fourth-order valence-electron chi connectivity index (χ4n) is 2.06. The first-order chi connectivity index (χ1) is 9.72. The zero-order valence-corrected chi connectivity index (χ0v) is 12.1. The molecule has 1 fully saturated rings. The van der Waals surface area contributed by atoms with E-state index in [1.807, 2.05) is 6.07 Å². The molecule has 3 rings (SSSR count). The number of amides is 1. The van der Waals surface area contributed by atoms with Crippen LogP contribution in [0.25, 0.3) is 0 Å². The molecular weight excluding hydrogens is 302 g/mol. The van der Waals surface area contributed by atoms with E-state index < -0.39 is 0 Å². The van der Waals surface area contributed by atoms with Crippen LogP contribution in [0.3, 0.4) is 0 Å². The van der Waals surface area contributed by atoms with Crippen molar-refractivity contribution in [3.8, 4) is 0 Å². The molecule has 106 valence electrons. The molecule has 0 saturated carbocycles. The van der Waals surface area contributed by atoms with Crippen molar-refractivity contribution in [3.63, 3.8) is 0 Å². The van der Waals surface area contributed by atoms with Gasteiger partial charge in [-0.2, -0.15) is 4.98 Å². The van der Waals surface area contributed by atoms with E-state index in [4.69, 9.17) is 20.9 Å². The Balaban J connectivity index is 1.63. The first-order valence-electron chi connectivity index (χ1n) is 6.12. The van der Waals surface area contributed by atoms with E-state index in [-0.39, 0.29) is 12.0 Å². The second-order valence-electron chi connectivity index (χ2n) is 4.37. The number of ether oxygens (including phenoxy) is 1. The highest BCUT2D eigenvalue weighted by Gasteiger charge is 2.28. The summed E-state index contributed by atoms with van der Waals surface area (Å²) >= 11 is 7.29. The van der Waals surface area contributed by atoms with Crippen LogP contribution in [0.4, 0.5) is 0 Å². The number of morpholine rings is 1. The minimum absolute atomic E-state index is 0.0558. The van der Waals surface area contributed by atoms with Gasteiger partial charge in [0, 0.05) is 11.4 Å². The molecule has 8 heteroatoms. The van der Waals surface area contributed by atoms with Gasteiger partial charge in [0.05, 0.1) is 23.9 Å². The van der Waals surface area contributed by atoms with Gasteiger partial charge < -0.3 is 14.2 Å². The maximum atomic E-state index is 12.3. The summed E-state index contributed by atoms with van der Waals surface area (Å²) in [4.78, 5) is 18.9. The van der Waals surface area contributed by atoms with Crippen LogP contribution in [0.1, 0.15) is 16.8 Å². The molecule has 1 unspecified atom stereocenters. The van der Waals surface area contributed by atoms with Gasteiger partial charge in [-0.05, 0) is 12.1 Å². The summed E-state index contributed by atoms with van der Waals surface area (Å²) in [7, 11) is 0. The average Bonchev–Trinajstić information content (AvgIpc) is 3.11. The standard InChI is InChI=1S/C12H12ClN3O3S/c13-10-2-1-8(20-10)5-11(17)16-3-4-18-9(6-16)12-14-7-19-15-12/h1-2,7,9H,3-6H2. The van der Waals surface area contributed by atoms with Gasteiger partial charge in [-0.1, -0.05) is 16.8 Å². The molecule has 1 aliphatic heterocycles. The quantitative estimate of drug-likeness (QED) is 0.866. The predicted molar refractivity (Wildman–Crippen MR) is 72.6 cm³/mol. The molecule has 3 heterocycles. The van der Waals surface area contributed by atoms with Crippen LogP contribution in [-0.2, 0) is 16.0 Å². The third-order valence-corrected chi connectivity index (χ3v) is 4.27. The van der Waals surface area contributed by atoms with E-state index in [9.17, 15) is 4.79 Å². The van der Waals surface area contributed by atoms with Crippen molar-refractivity contribution in [2.45, 2.75) is 12.5 Å². The van der Waals surface area contributed by atoms with Crippen LogP contribution in [0.2, 0.25) is 4.34 Å². The minimum Gasteiger partial charge on any atom is -0.366 e. The Kier molecular flexibility index (Phi) is 4.00. The fourth-order valence-corrected chi connectivity index (χ4v) is 3.14. The number of nitrogens with zero attached hydrogens (tertiary/aromatic N) is 3. The average molecular weight is 314 g/mol. The van der Waals surface area contributed by atoms with Crippen molar-refractivity contribution < 1.29 is 14.1 Å². The number of hydrogen-bond acceptors (Lipinski definition) is 6. The van der Waals surface area contributed by atoms with Crippen molar-refractivity contribution in [3.05, 3.63) is 33.6 Å². The molecule has 0 radical (unpaired) electrons. The summed E-state index contributed by atoms with van der Waals surface area (Å²) in [5.74, 6) is 0.530. The van der Waals surface area contributed by atoms with Crippen LogP contribution in [0.5, 0.6) is 0 Å². The van der Waals surface area contributed by atoms with Gasteiger partial charge >= 0.3 is 0 Å². The van der Waals surface area contributed by atoms with Gasteiger partial charge in [-0.3, -0.25) is 4.79 Å². The number of halogens is 1. The summed E-state index contributed by atoms with van der Waals surface area (Å²) < 4.78 is 11.0.